The predicted octanol–water partition coefficient (Wildman–Crippen LogP) is 3.57. The Labute approximate surface area is 116 Å². The second-order valence-electron chi connectivity index (χ2n) is 6.99. The minimum atomic E-state index is 0.797. The Hall–Kier alpha value is -0.820. The molecule has 2 atom stereocenters. The SMILES string of the molecule is c1ccc2c(c1)CC1CCC(C2)C1NCCC1CC1. The lowest BCUT2D eigenvalue weighted by atomic mass is 9.94. The van der Waals surface area contributed by atoms with Gasteiger partial charge in [0, 0.05) is 6.04 Å². The molecular weight excluding hydrogens is 230 g/mol. The molecule has 0 radical (unpaired) electrons. The number of hydrogen-bond donors (Lipinski definition) is 1. The third kappa shape index (κ3) is 2.45. The van der Waals surface area contributed by atoms with Gasteiger partial charge < -0.3 is 5.32 Å². The molecule has 2 unspecified atom stereocenters. The van der Waals surface area contributed by atoms with Gasteiger partial charge in [-0.3, -0.25) is 0 Å². The van der Waals surface area contributed by atoms with E-state index in [1.807, 2.05) is 0 Å². The molecular formula is C18H25N. The normalized spacial score (nSPS) is 32.9. The standard InChI is InChI=1S/C18H25N/c1-2-4-15-12-17-8-7-16(11-14(15)3-1)18(17)19-10-9-13-5-6-13/h1-4,13,16-19H,5-12H2. The van der Waals surface area contributed by atoms with Crippen LogP contribution in [0.15, 0.2) is 24.3 Å². The summed E-state index contributed by atoms with van der Waals surface area (Å²) in [7, 11) is 0. The van der Waals surface area contributed by atoms with Gasteiger partial charge in [-0.25, -0.2) is 0 Å². The van der Waals surface area contributed by atoms with Crippen LogP contribution in [0.4, 0.5) is 0 Å². The van der Waals surface area contributed by atoms with Crippen LogP contribution < -0.4 is 5.32 Å². The summed E-state index contributed by atoms with van der Waals surface area (Å²) >= 11 is 0. The Balaban J connectivity index is 1.46. The van der Waals surface area contributed by atoms with E-state index in [-0.39, 0.29) is 0 Å². The first kappa shape index (κ1) is 12.0. The van der Waals surface area contributed by atoms with Gasteiger partial charge in [0.1, 0.15) is 0 Å². The smallest absolute Gasteiger partial charge is 0.0130 e. The Morgan fingerprint density at radius 1 is 0.895 bits per heavy atom. The number of benzene rings is 1. The van der Waals surface area contributed by atoms with Gasteiger partial charge in [-0.05, 0) is 67.5 Å². The Morgan fingerprint density at radius 3 is 2.11 bits per heavy atom. The van der Waals surface area contributed by atoms with Gasteiger partial charge in [-0.1, -0.05) is 37.1 Å². The number of fused-ring (bicyclic) bond motifs is 3. The van der Waals surface area contributed by atoms with Crippen LogP contribution >= 0.6 is 0 Å². The highest BCUT2D eigenvalue weighted by Gasteiger charge is 2.38. The zero-order chi connectivity index (χ0) is 12.7. The second kappa shape index (κ2) is 4.94. The maximum atomic E-state index is 3.93. The summed E-state index contributed by atoms with van der Waals surface area (Å²) in [5.41, 5.74) is 3.26. The summed E-state index contributed by atoms with van der Waals surface area (Å²) in [6, 6.07) is 9.95. The van der Waals surface area contributed by atoms with E-state index >= 15 is 0 Å². The van der Waals surface area contributed by atoms with Crippen molar-refractivity contribution >= 4 is 0 Å². The number of hydrogen-bond acceptors (Lipinski definition) is 1. The molecule has 0 saturated heterocycles. The van der Waals surface area contributed by atoms with Crippen molar-refractivity contribution in [1.29, 1.82) is 0 Å². The van der Waals surface area contributed by atoms with Crippen LogP contribution in [0.25, 0.3) is 0 Å². The Bertz CT molecular complexity index is 416. The van der Waals surface area contributed by atoms with Crippen molar-refractivity contribution in [3.63, 3.8) is 0 Å². The van der Waals surface area contributed by atoms with Crippen molar-refractivity contribution in [3.05, 3.63) is 35.4 Å². The molecule has 1 nitrogen and oxygen atoms in total. The predicted molar refractivity (Wildman–Crippen MR) is 79.2 cm³/mol. The summed E-state index contributed by atoms with van der Waals surface area (Å²) in [5, 5.41) is 3.93. The average Bonchev–Trinajstić information content (AvgIpc) is 3.16. The molecule has 1 aromatic rings. The van der Waals surface area contributed by atoms with E-state index in [0.29, 0.717) is 0 Å². The van der Waals surface area contributed by atoms with Crippen LogP contribution in [-0.4, -0.2) is 12.6 Å². The summed E-state index contributed by atoms with van der Waals surface area (Å²) in [4.78, 5) is 0. The van der Waals surface area contributed by atoms with Crippen LogP contribution in [0.2, 0.25) is 0 Å². The molecule has 1 N–H and O–H groups in total. The van der Waals surface area contributed by atoms with E-state index in [1.165, 1.54) is 51.5 Å². The first-order valence-electron chi connectivity index (χ1n) is 8.20. The first-order valence-corrected chi connectivity index (χ1v) is 8.20. The van der Waals surface area contributed by atoms with E-state index in [1.54, 1.807) is 11.1 Å². The average molecular weight is 255 g/mol. The fraction of sp³-hybridized carbons (Fsp3) is 0.667. The minimum Gasteiger partial charge on any atom is -0.313 e. The van der Waals surface area contributed by atoms with Crippen LogP contribution in [0, 0.1) is 17.8 Å². The molecule has 19 heavy (non-hydrogen) atoms. The molecule has 4 rings (SSSR count). The summed E-state index contributed by atoms with van der Waals surface area (Å²) < 4.78 is 0. The van der Waals surface area contributed by atoms with Gasteiger partial charge >= 0.3 is 0 Å². The third-order valence-corrected chi connectivity index (χ3v) is 5.64. The van der Waals surface area contributed by atoms with Crippen molar-refractivity contribution in [2.24, 2.45) is 17.8 Å². The molecule has 0 heterocycles. The topological polar surface area (TPSA) is 12.0 Å². The largest absolute Gasteiger partial charge is 0.313 e. The highest BCUT2D eigenvalue weighted by Crippen LogP contribution is 2.40. The van der Waals surface area contributed by atoms with Gasteiger partial charge in [0.25, 0.3) is 0 Å². The number of nitrogens with one attached hydrogen (secondary N) is 1. The van der Waals surface area contributed by atoms with Crippen molar-refractivity contribution in [2.45, 2.75) is 51.0 Å². The maximum absolute atomic E-state index is 3.93. The van der Waals surface area contributed by atoms with Gasteiger partial charge in [0.05, 0.1) is 0 Å². The molecule has 2 saturated carbocycles. The second-order valence-corrected chi connectivity index (χ2v) is 6.99. The van der Waals surface area contributed by atoms with Gasteiger partial charge in [-0.2, -0.15) is 0 Å². The molecule has 0 aromatic heterocycles. The summed E-state index contributed by atoms with van der Waals surface area (Å²) in [6.07, 6.45) is 9.92. The van der Waals surface area contributed by atoms with Gasteiger partial charge in [0.2, 0.25) is 0 Å². The lowest BCUT2D eigenvalue weighted by molar-refractivity contribution is 0.338. The molecule has 1 heteroatoms. The van der Waals surface area contributed by atoms with Crippen LogP contribution in [0.1, 0.15) is 43.2 Å². The van der Waals surface area contributed by atoms with Crippen LogP contribution in [-0.2, 0) is 12.8 Å². The van der Waals surface area contributed by atoms with E-state index in [9.17, 15) is 0 Å². The molecule has 0 amide bonds. The van der Waals surface area contributed by atoms with E-state index in [4.69, 9.17) is 0 Å². The van der Waals surface area contributed by atoms with E-state index < -0.39 is 0 Å². The molecule has 0 spiro atoms. The lowest BCUT2D eigenvalue weighted by Crippen LogP contribution is -2.38. The highest BCUT2D eigenvalue weighted by atomic mass is 14.9. The summed E-state index contributed by atoms with van der Waals surface area (Å²) in [6.45, 7) is 1.26. The Morgan fingerprint density at radius 2 is 1.53 bits per heavy atom. The number of rotatable bonds is 4. The van der Waals surface area contributed by atoms with Crippen LogP contribution in [0.5, 0.6) is 0 Å². The quantitative estimate of drug-likeness (QED) is 0.867. The first-order chi connectivity index (χ1) is 9.40. The van der Waals surface area contributed by atoms with E-state index in [2.05, 4.69) is 29.6 Å². The molecule has 102 valence electrons. The zero-order valence-corrected chi connectivity index (χ0v) is 11.8. The molecule has 2 bridgehead atoms. The lowest BCUT2D eigenvalue weighted by Gasteiger charge is -2.23. The summed E-state index contributed by atoms with van der Waals surface area (Å²) in [5.74, 6) is 2.86. The van der Waals surface area contributed by atoms with Crippen LogP contribution in [0.3, 0.4) is 0 Å². The fourth-order valence-corrected chi connectivity index (χ4v) is 4.34. The van der Waals surface area contributed by atoms with E-state index in [0.717, 1.165) is 23.8 Å². The Kier molecular flexibility index (Phi) is 3.11. The van der Waals surface area contributed by atoms with Gasteiger partial charge in [-0.15, -0.1) is 0 Å². The molecule has 2 fully saturated rings. The third-order valence-electron chi connectivity index (χ3n) is 5.64. The zero-order valence-electron chi connectivity index (χ0n) is 11.8. The molecule has 3 aliphatic carbocycles. The van der Waals surface area contributed by atoms with Crippen molar-refractivity contribution in [1.82, 2.24) is 5.32 Å². The fourth-order valence-electron chi connectivity index (χ4n) is 4.34. The van der Waals surface area contributed by atoms with Crippen molar-refractivity contribution < 1.29 is 0 Å². The van der Waals surface area contributed by atoms with Gasteiger partial charge in [0.15, 0.2) is 0 Å². The molecule has 3 aliphatic rings. The molecule has 0 aliphatic heterocycles. The minimum absolute atomic E-state index is 0.797. The monoisotopic (exact) mass is 255 g/mol. The molecule has 1 aromatic carbocycles. The van der Waals surface area contributed by atoms with Crippen molar-refractivity contribution in [3.8, 4) is 0 Å². The van der Waals surface area contributed by atoms with Crippen molar-refractivity contribution in [2.75, 3.05) is 6.54 Å². The highest BCUT2D eigenvalue weighted by molar-refractivity contribution is 5.30. The maximum Gasteiger partial charge on any atom is 0.0130 e.